The summed E-state index contributed by atoms with van der Waals surface area (Å²) in [5.41, 5.74) is 12.4. The van der Waals surface area contributed by atoms with Gasteiger partial charge in [0.15, 0.2) is 0 Å². The molecule has 0 spiro atoms. The number of primary amides is 1. The van der Waals surface area contributed by atoms with Gasteiger partial charge in [0.25, 0.3) is 5.91 Å². The van der Waals surface area contributed by atoms with E-state index in [0.717, 1.165) is 5.56 Å². The van der Waals surface area contributed by atoms with E-state index in [0.29, 0.717) is 17.8 Å². The van der Waals surface area contributed by atoms with E-state index in [4.69, 9.17) is 16.2 Å². The van der Waals surface area contributed by atoms with Gasteiger partial charge in [-0.25, -0.2) is 0 Å². The van der Waals surface area contributed by atoms with Crippen LogP contribution in [0.25, 0.3) is 0 Å². The van der Waals surface area contributed by atoms with Crippen molar-refractivity contribution >= 4 is 17.5 Å². The lowest BCUT2D eigenvalue weighted by molar-refractivity contribution is -0.122. The Labute approximate surface area is 105 Å². The predicted molar refractivity (Wildman–Crippen MR) is 67.9 cm³/mol. The minimum Gasteiger partial charge on any atom is -0.398 e. The van der Waals surface area contributed by atoms with Gasteiger partial charge in [0.2, 0.25) is 5.91 Å². The highest BCUT2D eigenvalue weighted by Gasteiger charge is 2.09. The summed E-state index contributed by atoms with van der Waals surface area (Å²) in [6, 6.07) is 5.26. The topological polar surface area (TPSA) is 107 Å². The molecule has 0 atom stereocenters. The number of carbonyl (C=O) groups is 2. The van der Waals surface area contributed by atoms with E-state index in [1.807, 2.05) is 13.0 Å². The first-order valence-electron chi connectivity index (χ1n) is 5.51. The summed E-state index contributed by atoms with van der Waals surface area (Å²) >= 11 is 0. The largest absolute Gasteiger partial charge is 0.398 e. The predicted octanol–water partition coefficient (Wildman–Crippen LogP) is -0.191. The van der Waals surface area contributed by atoms with Gasteiger partial charge in [-0.3, -0.25) is 9.59 Å². The van der Waals surface area contributed by atoms with Crippen molar-refractivity contribution in [3.05, 3.63) is 29.3 Å². The highest BCUT2D eigenvalue weighted by atomic mass is 16.5. The molecular weight excluding hydrogens is 234 g/mol. The third-order valence-corrected chi connectivity index (χ3v) is 2.35. The molecule has 0 radical (unpaired) electrons. The van der Waals surface area contributed by atoms with Gasteiger partial charge in [0.1, 0.15) is 6.61 Å². The minimum absolute atomic E-state index is 0.150. The highest BCUT2D eigenvalue weighted by molar-refractivity contribution is 5.99. The molecule has 18 heavy (non-hydrogen) atoms. The van der Waals surface area contributed by atoms with Crippen LogP contribution in [0.15, 0.2) is 18.2 Å². The number of hydrogen-bond donors (Lipinski definition) is 3. The van der Waals surface area contributed by atoms with E-state index in [9.17, 15) is 9.59 Å². The number of hydrogen-bond acceptors (Lipinski definition) is 4. The molecular formula is C12H17N3O3. The first-order chi connectivity index (χ1) is 8.52. The van der Waals surface area contributed by atoms with Crippen LogP contribution in [0.4, 0.5) is 5.69 Å². The fourth-order valence-electron chi connectivity index (χ4n) is 1.38. The van der Waals surface area contributed by atoms with E-state index in [-0.39, 0.29) is 19.1 Å². The molecule has 0 fully saturated rings. The number of nitrogen functional groups attached to an aromatic ring is 1. The van der Waals surface area contributed by atoms with Crippen LogP contribution >= 0.6 is 0 Å². The molecule has 98 valence electrons. The highest BCUT2D eigenvalue weighted by Crippen LogP contribution is 2.15. The van der Waals surface area contributed by atoms with E-state index >= 15 is 0 Å². The molecule has 0 unspecified atom stereocenters. The quantitative estimate of drug-likeness (QED) is 0.481. The molecule has 0 aromatic heterocycles. The molecule has 0 aliphatic heterocycles. The van der Waals surface area contributed by atoms with Crippen LogP contribution < -0.4 is 16.8 Å². The van der Waals surface area contributed by atoms with Crippen molar-refractivity contribution in [1.82, 2.24) is 5.32 Å². The smallest absolute Gasteiger partial charge is 0.253 e. The second-order valence-electron chi connectivity index (χ2n) is 3.81. The zero-order chi connectivity index (χ0) is 13.5. The van der Waals surface area contributed by atoms with E-state index in [1.54, 1.807) is 12.1 Å². The van der Waals surface area contributed by atoms with Crippen molar-refractivity contribution in [3.63, 3.8) is 0 Å². The molecule has 6 heteroatoms. The summed E-state index contributed by atoms with van der Waals surface area (Å²) < 4.78 is 4.91. The lowest BCUT2D eigenvalue weighted by atomic mass is 10.1. The van der Waals surface area contributed by atoms with Crippen molar-refractivity contribution in [2.75, 3.05) is 25.5 Å². The van der Waals surface area contributed by atoms with Gasteiger partial charge in [0, 0.05) is 12.2 Å². The second kappa shape index (κ2) is 6.61. The van der Waals surface area contributed by atoms with Crippen molar-refractivity contribution in [1.29, 1.82) is 0 Å². The first-order valence-corrected chi connectivity index (χ1v) is 5.51. The number of nitrogens with two attached hydrogens (primary N) is 2. The normalized spacial score (nSPS) is 10.1. The number of para-hydroxylation sites is 1. The molecule has 0 saturated carbocycles. The summed E-state index contributed by atoms with van der Waals surface area (Å²) in [6.07, 6.45) is 0. The van der Waals surface area contributed by atoms with Crippen molar-refractivity contribution in [2.24, 2.45) is 5.73 Å². The maximum absolute atomic E-state index is 11.8. The SMILES string of the molecule is Cc1cccc(C(=O)NCCOCC(N)=O)c1N. The average Bonchev–Trinajstić information content (AvgIpc) is 2.31. The summed E-state index contributed by atoms with van der Waals surface area (Å²) in [6.45, 7) is 2.20. The van der Waals surface area contributed by atoms with E-state index in [2.05, 4.69) is 5.32 Å². The van der Waals surface area contributed by atoms with Gasteiger partial charge in [-0.2, -0.15) is 0 Å². The molecule has 0 aliphatic rings. The van der Waals surface area contributed by atoms with Crippen LogP contribution in [0.5, 0.6) is 0 Å². The van der Waals surface area contributed by atoms with Gasteiger partial charge in [-0.05, 0) is 18.6 Å². The Kier molecular flexibility index (Phi) is 5.13. The molecule has 1 aromatic carbocycles. The summed E-state index contributed by atoms with van der Waals surface area (Å²) in [5, 5.41) is 2.64. The molecule has 5 N–H and O–H groups in total. The lowest BCUT2D eigenvalue weighted by Gasteiger charge is -2.09. The third-order valence-electron chi connectivity index (χ3n) is 2.35. The second-order valence-corrected chi connectivity index (χ2v) is 3.81. The number of carbonyl (C=O) groups excluding carboxylic acids is 2. The Bertz CT molecular complexity index is 446. The Hall–Kier alpha value is -2.08. The average molecular weight is 251 g/mol. The third kappa shape index (κ3) is 4.06. The first kappa shape index (κ1) is 14.0. The van der Waals surface area contributed by atoms with Crippen LogP contribution in [0.1, 0.15) is 15.9 Å². The zero-order valence-electron chi connectivity index (χ0n) is 10.2. The van der Waals surface area contributed by atoms with Crippen molar-refractivity contribution in [2.45, 2.75) is 6.92 Å². The maximum atomic E-state index is 11.8. The zero-order valence-corrected chi connectivity index (χ0v) is 10.2. The summed E-state index contributed by atoms with van der Waals surface area (Å²) in [7, 11) is 0. The van der Waals surface area contributed by atoms with Gasteiger partial charge < -0.3 is 21.5 Å². The fourth-order valence-corrected chi connectivity index (χ4v) is 1.38. The summed E-state index contributed by atoms with van der Waals surface area (Å²) in [5.74, 6) is -0.803. The Morgan fingerprint density at radius 3 is 2.78 bits per heavy atom. The van der Waals surface area contributed by atoms with Gasteiger partial charge in [-0.15, -0.1) is 0 Å². The van der Waals surface area contributed by atoms with Crippen molar-refractivity contribution in [3.8, 4) is 0 Å². The molecule has 0 bridgehead atoms. The Morgan fingerprint density at radius 1 is 1.39 bits per heavy atom. The number of amides is 2. The fraction of sp³-hybridized carbons (Fsp3) is 0.333. The molecule has 0 heterocycles. The molecule has 2 amide bonds. The van der Waals surface area contributed by atoms with Crippen LogP contribution in [0.3, 0.4) is 0 Å². The van der Waals surface area contributed by atoms with E-state index < -0.39 is 5.91 Å². The van der Waals surface area contributed by atoms with Crippen LogP contribution in [0, 0.1) is 6.92 Å². The number of nitrogens with one attached hydrogen (secondary N) is 1. The molecule has 1 aromatic rings. The Balaban J connectivity index is 2.41. The van der Waals surface area contributed by atoms with Gasteiger partial charge in [-0.1, -0.05) is 12.1 Å². The number of ether oxygens (including phenoxy) is 1. The molecule has 0 saturated heterocycles. The minimum atomic E-state index is -0.538. The number of aryl methyl sites for hydroxylation is 1. The van der Waals surface area contributed by atoms with Gasteiger partial charge >= 0.3 is 0 Å². The molecule has 0 aliphatic carbocycles. The van der Waals surface area contributed by atoms with Crippen LogP contribution in [-0.2, 0) is 9.53 Å². The number of rotatable bonds is 6. The summed E-state index contributed by atoms with van der Waals surface area (Å²) in [4.78, 5) is 22.2. The van der Waals surface area contributed by atoms with Crippen LogP contribution in [-0.4, -0.2) is 31.6 Å². The maximum Gasteiger partial charge on any atom is 0.253 e. The number of anilines is 1. The van der Waals surface area contributed by atoms with Crippen molar-refractivity contribution < 1.29 is 14.3 Å². The standard InChI is InChI=1S/C12H17N3O3/c1-8-3-2-4-9(11(8)14)12(17)15-5-6-18-7-10(13)16/h2-4H,5-7,14H2,1H3,(H2,13,16)(H,15,17). The van der Waals surface area contributed by atoms with Gasteiger partial charge in [0.05, 0.1) is 12.2 Å². The monoisotopic (exact) mass is 251 g/mol. The molecule has 1 rings (SSSR count). The van der Waals surface area contributed by atoms with E-state index in [1.165, 1.54) is 0 Å². The Morgan fingerprint density at radius 2 is 2.11 bits per heavy atom. The number of benzene rings is 1. The van der Waals surface area contributed by atoms with Crippen LogP contribution in [0.2, 0.25) is 0 Å². The molecule has 6 nitrogen and oxygen atoms in total. The lowest BCUT2D eigenvalue weighted by Crippen LogP contribution is -2.29.